The Hall–Kier alpha value is -0.390. The molecule has 3 nitrogen and oxygen atoms in total. The number of methoxy groups -OCH3 is 1. The van der Waals surface area contributed by atoms with Gasteiger partial charge in [-0.2, -0.15) is 0 Å². The first-order valence-corrected chi connectivity index (χ1v) is 6.55. The molecule has 0 aliphatic rings. The van der Waals surface area contributed by atoms with E-state index in [2.05, 4.69) is 21.2 Å². The van der Waals surface area contributed by atoms with Crippen LogP contribution < -0.4 is 5.32 Å². The van der Waals surface area contributed by atoms with Gasteiger partial charge < -0.3 is 10.1 Å². The molecule has 0 aromatic carbocycles. The van der Waals surface area contributed by atoms with E-state index >= 15 is 0 Å². The Balaban J connectivity index is 3.02. The number of hydrogen-bond acceptors (Lipinski definition) is 4. The summed E-state index contributed by atoms with van der Waals surface area (Å²) >= 11 is 5.05. The fourth-order valence-electron chi connectivity index (χ4n) is 1.72. The summed E-state index contributed by atoms with van der Waals surface area (Å²) in [5.74, 6) is -0.212. The van der Waals surface area contributed by atoms with Crippen LogP contribution in [0.1, 0.15) is 24.8 Å². The highest BCUT2D eigenvalue weighted by atomic mass is 79.9. The van der Waals surface area contributed by atoms with Crippen molar-refractivity contribution in [2.24, 2.45) is 5.41 Å². The van der Waals surface area contributed by atoms with Crippen LogP contribution in [0.2, 0.25) is 0 Å². The van der Waals surface area contributed by atoms with Gasteiger partial charge in [0.1, 0.15) is 0 Å². The van der Waals surface area contributed by atoms with Crippen LogP contribution >= 0.6 is 27.3 Å². The largest absolute Gasteiger partial charge is 0.469 e. The molecule has 1 unspecified atom stereocenters. The number of thiophene rings is 1. The molecule has 16 heavy (non-hydrogen) atoms. The van der Waals surface area contributed by atoms with Gasteiger partial charge in [0, 0.05) is 4.88 Å². The maximum Gasteiger partial charge on any atom is 0.313 e. The fraction of sp³-hybridized carbons (Fsp3) is 0.545. The average molecular weight is 306 g/mol. The van der Waals surface area contributed by atoms with Crippen LogP contribution in [0.3, 0.4) is 0 Å². The Morgan fingerprint density at radius 3 is 2.56 bits per heavy atom. The number of rotatable bonds is 4. The van der Waals surface area contributed by atoms with E-state index in [0.29, 0.717) is 0 Å². The van der Waals surface area contributed by atoms with Gasteiger partial charge >= 0.3 is 5.97 Å². The Morgan fingerprint density at radius 1 is 1.56 bits per heavy atom. The summed E-state index contributed by atoms with van der Waals surface area (Å²) in [5, 5.41) is 3.18. The molecular weight excluding hydrogens is 290 g/mol. The van der Waals surface area contributed by atoms with Gasteiger partial charge in [0.15, 0.2) is 0 Å². The third-order valence-electron chi connectivity index (χ3n) is 2.60. The van der Waals surface area contributed by atoms with Crippen LogP contribution in [0.4, 0.5) is 0 Å². The molecule has 1 heterocycles. The molecule has 0 saturated carbocycles. The number of esters is 1. The lowest BCUT2D eigenvalue weighted by Crippen LogP contribution is -2.38. The molecule has 1 aromatic rings. The molecule has 1 N–H and O–H groups in total. The molecule has 0 aliphatic carbocycles. The van der Waals surface area contributed by atoms with Crippen LogP contribution in [0.15, 0.2) is 15.9 Å². The highest BCUT2D eigenvalue weighted by Crippen LogP contribution is 2.38. The monoisotopic (exact) mass is 305 g/mol. The van der Waals surface area contributed by atoms with Crippen molar-refractivity contribution in [3.05, 3.63) is 20.8 Å². The summed E-state index contributed by atoms with van der Waals surface area (Å²) in [7, 11) is 3.27. The molecule has 0 saturated heterocycles. The summed E-state index contributed by atoms with van der Waals surface area (Å²) in [5.41, 5.74) is -0.589. The second kappa shape index (κ2) is 5.29. The lowest BCUT2D eigenvalue weighted by molar-refractivity contribution is -0.152. The lowest BCUT2D eigenvalue weighted by Gasteiger charge is -2.30. The molecule has 1 aromatic heterocycles. The fourth-order valence-corrected chi connectivity index (χ4v) is 3.44. The van der Waals surface area contributed by atoms with Gasteiger partial charge in [-0.3, -0.25) is 4.79 Å². The van der Waals surface area contributed by atoms with Gasteiger partial charge in [-0.1, -0.05) is 0 Å². The molecular formula is C11H16BrNO2S. The van der Waals surface area contributed by atoms with Crippen molar-refractivity contribution >= 4 is 33.2 Å². The predicted octanol–water partition coefficient (Wildman–Crippen LogP) is 2.97. The average Bonchev–Trinajstić information content (AvgIpc) is 2.64. The minimum atomic E-state index is -0.589. The summed E-state index contributed by atoms with van der Waals surface area (Å²) in [6, 6.07) is 3.95. The van der Waals surface area contributed by atoms with Gasteiger partial charge in [-0.05, 0) is 49.0 Å². The maximum absolute atomic E-state index is 11.7. The van der Waals surface area contributed by atoms with Crippen molar-refractivity contribution in [2.75, 3.05) is 14.2 Å². The molecule has 1 atom stereocenters. The molecule has 0 bridgehead atoms. The van der Waals surface area contributed by atoms with Crippen molar-refractivity contribution < 1.29 is 9.53 Å². The summed E-state index contributed by atoms with van der Waals surface area (Å²) in [4.78, 5) is 12.9. The third-order valence-corrected chi connectivity index (χ3v) is 4.29. The number of carbonyl (C=O) groups excluding carboxylic acids is 1. The van der Waals surface area contributed by atoms with E-state index in [1.807, 2.05) is 33.0 Å². The smallest absolute Gasteiger partial charge is 0.313 e. The minimum Gasteiger partial charge on any atom is -0.469 e. The van der Waals surface area contributed by atoms with Gasteiger partial charge in [0.05, 0.1) is 22.4 Å². The van der Waals surface area contributed by atoms with Crippen molar-refractivity contribution in [1.82, 2.24) is 5.32 Å². The summed E-state index contributed by atoms with van der Waals surface area (Å²) in [6.45, 7) is 3.77. The topological polar surface area (TPSA) is 38.3 Å². The van der Waals surface area contributed by atoms with Crippen LogP contribution in [0.25, 0.3) is 0 Å². The van der Waals surface area contributed by atoms with Gasteiger partial charge in [0.2, 0.25) is 0 Å². The lowest BCUT2D eigenvalue weighted by atomic mass is 9.83. The zero-order chi connectivity index (χ0) is 12.3. The first-order valence-electron chi connectivity index (χ1n) is 4.94. The van der Waals surface area contributed by atoms with Crippen molar-refractivity contribution in [3.8, 4) is 0 Å². The number of carbonyl (C=O) groups is 1. The first-order chi connectivity index (χ1) is 7.43. The Labute approximate surface area is 108 Å². The summed E-state index contributed by atoms with van der Waals surface area (Å²) < 4.78 is 5.90. The predicted molar refractivity (Wildman–Crippen MR) is 69.6 cm³/mol. The maximum atomic E-state index is 11.7. The molecule has 0 spiro atoms. The van der Waals surface area contributed by atoms with Crippen LogP contribution in [-0.2, 0) is 9.53 Å². The second-order valence-electron chi connectivity index (χ2n) is 4.08. The molecule has 90 valence electrons. The van der Waals surface area contributed by atoms with E-state index in [9.17, 15) is 4.79 Å². The van der Waals surface area contributed by atoms with Gasteiger partial charge in [0.25, 0.3) is 0 Å². The molecule has 5 heteroatoms. The van der Waals surface area contributed by atoms with Crippen molar-refractivity contribution in [1.29, 1.82) is 0 Å². The van der Waals surface area contributed by atoms with E-state index in [-0.39, 0.29) is 12.0 Å². The van der Waals surface area contributed by atoms with E-state index in [1.165, 1.54) is 7.11 Å². The number of halogens is 1. The molecule has 0 fully saturated rings. The van der Waals surface area contributed by atoms with E-state index < -0.39 is 5.41 Å². The highest BCUT2D eigenvalue weighted by molar-refractivity contribution is 9.11. The minimum absolute atomic E-state index is 0.0451. The zero-order valence-electron chi connectivity index (χ0n) is 9.83. The molecule has 1 rings (SSSR count). The van der Waals surface area contributed by atoms with Gasteiger partial charge in [-0.25, -0.2) is 0 Å². The zero-order valence-corrected chi connectivity index (χ0v) is 12.2. The Kier molecular flexibility index (Phi) is 4.52. The van der Waals surface area contributed by atoms with Crippen LogP contribution in [0.5, 0.6) is 0 Å². The SMILES string of the molecule is CNC(c1ccc(Br)s1)C(C)(C)C(=O)OC. The quantitative estimate of drug-likeness (QED) is 0.869. The Morgan fingerprint density at radius 2 is 2.19 bits per heavy atom. The second-order valence-corrected chi connectivity index (χ2v) is 6.57. The highest BCUT2D eigenvalue weighted by Gasteiger charge is 2.38. The van der Waals surface area contributed by atoms with E-state index in [1.54, 1.807) is 11.3 Å². The van der Waals surface area contributed by atoms with Crippen LogP contribution in [-0.4, -0.2) is 20.1 Å². The number of ether oxygens (including phenoxy) is 1. The number of hydrogen-bond donors (Lipinski definition) is 1. The number of nitrogens with one attached hydrogen (secondary N) is 1. The normalized spacial score (nSPS) is 13.6. The standard InChI is InChI=1S/C11H16BrNO2S/c1-11(2,10(14)15-4)9(13-3)7-5-6-8(12)16-7/h5-6,9,13H,1-4H3. The van der Waals surface area contributed by atoms with Crippen molar-refractivity contribution in [2.45, 2.75) is 19.9 Å². The van der Waals surface area contributed by atoms with Crippen LogP contribution in [0, 0.1) is 5.41 Å². The Bertz CT molecular complexity index is 376. The molecule has 0 radical (unpaired) electrons. The van der Waals surface area contributed by atoms with E-state index in [4.69, 9.17) is 4.74 Å². The third kappa shape index (κ3) is 2.64. The summed E-state index contributed by atoms with van der Waals surface area (Å²) in [6.07, 6.45) is 0. The van der Waals surface area contributed by atoms with Crippen molar-refractivity contribution in [3.63, 3.8) is 0 Å². The molecule has 0 amide bonds. The van der Waals surface area contributed by atoms with E-state index in [0.717, 1.165) is 8.66 Å². The molecule has 0 aliphatic heterocycles. The van der Waals surface area contributed by atoms with Gasteiger partial charge in [-0.15, -0.1) is 11.3 Å². The first kappa shape index (κ1) is 13.7.